The van der Waals surface area contributed by atoms with Gasteiger partial charge in [0.15, 0.2) is 17.1 Å². The number of primary amides is 1. The lowest BCUT2D eigenvalue weighted by Gasteiger charge is -2.50. The summed E-state index contributed by atoms with van der Waals surface area (Å²) in [6, 6.07) is 0.332. The molecule has 53 heavy (non-hydrogen) atoms. The Balaban J connectivity index is 1.45. The summed E-state index contributed by atoms with van der Waals surface area (Å²) in [5.41, 5.74) is 1.66. The van der Waals surface area contributed by atoms with Crippen LogP contribution in [0.5, 0.6) is 5.75 Å². The van der Waals surface area contributed by atoms with Gasteiger partial charge in [0.2, 0.25) is 18.5 Å². The number of fused-ring (bicyclic) bond motifs is 3. The average molecular weight is 742 g/mol. The van der Waals surface area contributed by atoms with E-state index in [1.807, 2.05) is 6.92 Å². The van der Waals surface area contributed by atoms with Gasteiger partial charge in [0.25, 0.3) is 5.91 Å². The van der Waals surface area contributed by atoms with Crippen LogP contribution in [0.1, 0.15) is 61.4 Å². The van der Waals surface area contributed by atoms with Gasteiger partial charge in [0, 0.05) is 37.8 Å². The molecule has 1 saturated carbocycles. The highest BCUT2D eigenvalue weighted by Crippen LogP contribution is 2.54. The first-order valence-electron chi connectivity index (χ1n) is 17.5. The van der Waals surface area contributed by atoms with E-state index in [-0.39, 0.29) is 42.1 Å². The number of hydrogen-bond acceptors (Lipinski definition) is 14. The van der Waals surface area contributed by atoms with E-state index in [2.05, 4.69) is 5.32 Å². The number of anilines is 2. The second-order valence-corrected chi connectivity index (χ2v) is 14.4. The number of hydrogen-bond donors (Lipinski definition) is 6. The summed E-state index contributed by atoms with van der Waals surface area (Å²) in [7, 11) is 6.46. The maximum Gasteiger partial charge on any atom is 0.413 e. The number of aliphatic hydroxyl groups is 3. The molecule has 0 aliphatic heterocycles. The van der Waals surface area contributed by atoms with Crippen LogP contribution in [-0.2, 0) is 35.1 Å². The predicted molar refractivity (Wildman–Crippen MR) is 188 cm³/mol. The molecule has 1 aromatic rings. The molecule has 3 amide bonds. The van der Waals surface area contributed by atoms with E-state index in [1.165, 1.54) is 11.0 Å². The van der Waals surface area contributed by atoms with E-state index in [1.54, 1.807) is 33.1 Å². The Kier molecular flexibility index (Phi) is 11.1. The zero-order valence-electron chi connectivity index (χ0n) is 30.4. The fourth-order valence-electron chi connectivity index (χ4n) is 7.73. The molecule has 0 heterocycles. The monoisotopic (exact) mass is 741 g/mol. The van der Waals surface area contributed by atoms with Crippen LogP contribution in [0.15, 0.2) is 28.7 Å². The molecule has 1 fully saturated rings. The molecule has 0 aromatic heterocycles. The Morgan fingerprint density at radius 2 is 1.74 bits per heavy atom. The highest BCUT2D eigenvalue weighted by atomic mass is 16.7. The van der Waals surface area contributed by atoms with Crippen LogP contribution in [0.2, 0.25) is 0 Å². The van der Waals surface area contributed by atoms with Crippen LogP contribution in [0.3, 0.4) is 0 Å². The molecule has 288 valence electrons. The van der Waals surface area contributed by atoms with Crippen LogP contribution in [0.25, 0.3) is 0 Å². The van der Waals surface area contributed by atoms with Crippen molar-refractivity contribution in [3.8, 4) is 5.75 Å². The highest BCUT2D eigenvalue weighted by Gasteiger charge is 2.63. The third-order valence-corrected chi connectivity index (χ3v) is 10.7. The number of aromatic hydroxyl groups is 1. The van der Waals surface area contributed by atoms with Crippen molar-refractivity contribution in [1.82, 2.24) is 9.80 Å². The van der Waals surface area contributed by atoms with Gasteiger partial charge < -0.3 is 45.9 Å². The van der Waals surface area contributed by atoms with Crippen molar-refractivity contribution in [2.75, 3.05) is 58.3 Å². The first-order chi connectivity index (χ1) is 24.9. The van der Waals surface area contributed by atoms with E-state index in [0.717, 1.165) is 11.3 Å². The molecule has 5 rings (SSSR count). The minimum absolute atomic E-state index is 0.0474. The van der Waals surface area contributed by atoms with Gasteiger partial charge in [-0.2, -0.15) is 0 Å². The van der Waals surface area contributed by atoms with Gasteiger partial charge in [0.1, 0.15) is 23.6 Å². The van der Waals surface area contributed by atoms with Crippen LogP contribution in [0.4, 0.5) is 16.2 Å². The SMILES string of the molecule is CCCCN(CC(=O)Nc1cc(N(C)C)c2c(c1O)C(=O)C1=C(O)[C@]3(O)C(=O)C(C(N)=O)=C(O)[C@@H](N(C)C)[C@@H]3C[C@@H]1C2)C(=O)OCOC(=O)C1CCC1. The quantitative estimate of drug-likeness (QED) is 0.0772. The number of esters is 1. The number of likely N-dealkylation sites (N-methyl/N-ethyl adjacent to an activating group) is 1. The summed E-state index contributed by atoms with van der Waals surface area (Å²) >= 11 is 0. The Morgan fingerprint density at radius 3 is 2.30 bits per heavy atom. The lowest BCUT2D eigenvalue weighted by Crippen LogP contribution is -2.63. The summed E-state index contributed by atoms with van der Waals surface area (Å²) in [4.78, 5) is 82.7. The number of rotatable bonds is 12. The fourth-order valence-corrected chi connectivity index (χ4v) is 7.73. The standard InChI is InChI=1S/C36H47N5O12/c1-6-7-11-41(35(50)53-16-52-34(49)17-9-8-10-17)15-23(42)38-21-14-22(39(2)3)19-12-18-13-20-27(40(4)5)30(45)26(33(37)48)32(47)36(20,51)31(46)24(18)29(44)25(19)28(21)43/h14,17-18,20,27,43,45-46,51H,6-13,15-16H2,1-5H3,(H2,37,48)(H,38,42)/t18-,20-,27-,36-/m0/s1. The van der Waals surface area contributed by atoms with Crippen molar-refractivity contribution in [1.29, 1.82) is 0 Å². The summed E-state index contributed by atoms with van der Waals surface area (Å²) < 4.78 is 10.1. The summed E-state index contributed by atoms with van der Waals surface area (Å²) in [6.45, 7) is 0.894. The van der Waals surface area contributed by atoms with Crippen LogP contribution >= 0.6 is 0 Å². The Labute approximate surface area is 306 Å². The van der Waals surface area contributed by atoms with Crippen LogP contribution in [-0.4, -0.2) is 125 Å². The van der Waals surface area contributed by atoms with E-state index in [9.17, 15) is 49.2 Å². The van der Waals surface area contributed by atoms with E-state index >= 15 is 0 Å². The van der Waals surface area contributed by atoms with Crippen molar-refractivity contribution in [3.63, 3.8) is 0 Å². The van der Waals surface area contributed by atoms with Gasteiger partial charge in [-0.05, 0) is 63.7 Å². The number of amides is 3. The number of unbranched alkanes of at least 4 members (excludes halogenated alkanes) is 1. The van der Waals surface area contributed by atoms with Crippen molar-refractivity contribution < 1.29 is 58.7 Å². The zero-order chi connectivity index (χ0) is 39.1. The number of phenolic OH excluding ortho intramolecular Hbond substituents is 1. The molecule has 0 unspecified atom stereocenters. The number of aliphatic hydroxyl groups excluding tert-OH is 2. The maximum absolute atomic E-state index is 14.3. The normalized spacial score (nSPS) is 23.8. The van der Waals surface area contributed by atoms with Crippen LogP contribution in [0, 0.1) is 17.8 Å². The molecule has 1 aromatic carbocycles. The Bertz CT molecular complexity index is 1800. The highest BCUT2D eigenvalue weighted by molar-refractivity contribution is 6.25. The minimum atomic E-state index is -2.80. The zero-order valence-corrected chi connectivity index (χ0v) is 30.4. The molecule has 4 aliphatic rings. The van der Waals surface area contributed by atoms with Gasteiger partial charge in [-0.25, -0.2) is 4.79 Å². The van der Waals surface area contributed by atoms with E-state index < -0.39 is 95.1 Å². The largest absolute Gasteiger partial charge is 0.510 e. The number of nitrogens with two attached hydrogens (primary N) is 1. The minimum Gasteiger partial charge on any atom is -0.510 e. The third-order valence-electron chi connectivity index (χ3n) is 10.7. The van der Waals surface area contributed by atoms with Crippen molar-refractivity contribution in [2.45, 2.75) is 63.5 Å². The van der Waals surface area contributed by atoms with Gasteiger partial charge >= 0.3 is 12.1 Å². The Hall–Kier alpha value is -5.16. The molecule has 17 nitrogen and oxygen atoms in total. The second-order valence-electron chi connectivity index (χ2n) is 14.4. The number of benzene rings is 1. The van der Waals surface area contributed by atoms with E-state index in [0.29, 0.717) is 36.9 Å². The first-order valence-corrected chi connectivity index (χ1v) is 17.5. The number of phenols is 1. The molecule has 4 aliphatic carbocycles. The molecule has 7 N–H and O–H groups in total. The van der Waals surface area contributed by atoms with Crippen molar-refractivity contribution in [2.24, 2.45) is 23.5 Å². The lowest BCUT2D eigenvalue weighted by atomic mass is 9.58. The Morgan fingerprint density at radius 1 is 1.06 bits per heavy atom. The molecule has 0 spiro atoms. The maximum atomic E-state index is 14.3. The van der Waals surface area contributed by atoms with Crippen molar-refractivity contribution in [3.05, 3.63) is 39.9 Å². The second kappa shape index (κ2) is 15.1. The number of carbonyl (C=O) groups excluding carboxylic acids is 6. The molecule has 0 saturated heterocycles. The molecular weight excluding hydrogens is 694 g/mol. The summed E-state index contributed by atoms with van der Waals surface area (Å²) in [5, 5.41) is 48.6. The number of Topliss-reactive ketones (excluding diaryl/α,β-unsaturated/α-hetero) is 2. The number of ether oxygens (including phenoxy) is 2. The predicted octanol–water partition coefficient (Wildman–Crippen LogP) is 1.66. The van der Waals surface area contributed by atoms with Crippen molar-refractivity contribution >= 4 is 46.8 Å². The van der Waals surface area contributed by atoms with Gasteiger partial charge in [-0.3, -0.25) is 33.8 Å². The first kappa shape index (κ1) is 39.1. The number of allylic oxidation sites excluding steroid dienone is 1. The number of nitrogens with one attached hydrogen (secondary N) is 1. The van der Waals surface area contributed by atoms with E-state index in [4.69, 9.17) is 15.2 Å². The molecule has 4 atom stereocenters. The summed E-state index contributed by atoms with van der Waals surface area (Å²) in [5.74, 6) is -9.32. The lowest BCUT2D eigenvalue weighted by molar-refractivity contribution is -0.160. The summed E-state index contributed by atoms with van der Waals surface area (Å²) in [6.07, 6.45) is 2.63. The topological polar surface area (TPSA) is 250 Å². The molecule has 0 bridgehead atoms. The number of ketones is 2. The molecular formula is C36H47N5O12. The fraction of sp³-hybridized carbons (Fsp3) is 0.556. The number of nitrogens with zero attached hydrogens (tertiary/aromatic N) is 3. The third kappa shape index (κ3) is 6.90. The van der Waals surface area contributed by atoms with Gasteiger partial charge in [-0.15, -0.1) is 0 Å². The van der Waals surface area contributed by atoms with Gasteiger partial charge in [0.05, 0.1) is 23.2 Å². The molecule has 17 heteroatoms. The van der Waals surface area contributed by atoms with Crippen LogP contribution < -0.4 is 16.0 Å². The number of carbonyl (C=O) groups is 6. The smallest absolute Gasteiger partial charge is 0.413 e. The average Bonchev–Trinajstić information content (AvgIpc) is 3.04. The van der Waals surface area contributed by atoms with Gasteiger partial charge in [-0.1, -0.05) is 19.8 Å². The molecule has 0 radical (unpaired) electrons.